The first-order chi connectivity index (χ1) is 11.7. The minimum Gasteiger partial charge on any atom is -0.378 e. The largest absolute Gasteiger partial charge is 0.378 e. The van der Waals surface area contributed by atoms with E-state index in [0.29, 0.717) is 18.3 Å². The number of nitrogens with zero attached hydrogens (tertiary/aromatic N) is 7. The van der Waals surface area contributed by atoms with E-state index in [-0.39, 0.29) is 5.95 Å². The third-order valence-electron chi connectivity index (χ3n) is 4.30. The molecule has 0 aromatic carbocycles. The summed E-state index contributed by atoms with van der Waals surface area (Å²) in [5, 5.41) is 16.1. The molecule has 0 amide bonds. The van der Waals surface area contributed by atoms with Gasteiger partial charge in [0.1, 0.15) is 11.5 Å². The summed E-state index contributed by atoms with van der Waals surface area (Å²) in [6.45, 7) is 2.21. The maximum atomic E-state index is 5.81. The number of fused-ring (bicyclic) bond motifs is 1. The van der Waals surface area contributed by atoms with Crippen molar-refractivity contribution in [3.05, 3.63) is 18.1 Å². The summed E-state index contributed by atoms with van der Waals surface area (Å²) in [5.74, 6) is 1.09. The highest BCUT2D eigenvalue weighted by Gasteiger charge is 2.24. The molecule has 1 aliphatic rings. The molecular formula is C14H19N9O. The molecule has 0 unspecified atom stereocenters. The van der Waals surface area contributed by atoms with Crippen LogP contribution in [-0.4, -0.2) is 55.4 Å². The normalized spacial score (nSPS) is 16.1. The molecule has 0 saturated carbocycles. The van der Waals surface area contributed by atoms with Gasteiger partial charge in [0, 0.05) is 20.2 Å². The highest BCUT2D eigenvalue weighted by molar-refractivity contribution is 5.87. The quantitative estimate of drug-likeness (QED) is 0.710. The number of aromatic amines is 1. The molecule has 0 radical (unpaired) electrons. The van der Waals surface area contributed by atoms with E-state index in [4.69, 9.17) is 10.5 Å². The Morgan fingerprint density at radius 1 is 1.33 bits per heavy atom. The van der Waals surface area contributed by atoms with Gasteiger partial charge in [-0.2, -0.15) is 15.1 Å². The lowest BCUT2D eigenvalue weighted by atomic mass is 10.1. The number of hydrogen-bond donors (Lipinski definition) is 2. The van der Waals surface area contributed by atoms with Gasteiger partial charge in [-0.15, -0.1) is 5.10 Å². The van der Waals surface area contributed by atoms with Gasteiger partial charge in [0.15, 0.2) is 5.65 Å². The van der Waals surface area contributed by atoms with E-state index in [9.17, 15) is 0 Å². The van der Waals surface area contributed by atoms with Crippen LogP contribution in [0.25, 0.3) is 11.0 Å². The predicted octanol–water partition coefficient (Wildman–Crippen LogP) is 0.514. The van der Waals surface area contributed by atoms with Crippen molar-refractivity contribution in [1.29, 1.82) is 0 Å². The second-order valence-electron chi connectivity index (χ2n) is 5.88. The number of nitrogens with two attached hydrogens (primary N) is 1. The summed E-state index contributed by atoms with van der Waals surface area (Å²) < 4.78 is 7.03. The highest BCUT2D eigenvalue weighted by Crippen LogP contribution is 2.29. The van der Waals surface area contributed by atoms with Gasteiger partial charge < -0.3 is 15.4 Å². The van der Waals surface area contributed by atoms with Crippen molar-refractivity contribution in [2.45, 2.75) is 25.5 Å². The Balaban J connectivity index is 1.50. The fourth-order valence-corrected chi connectivity index (χ4v) is 3.13. The van der Waals surface area contributed by atoms with Crippen LogP contribution in [-0.2, 0) is 11.3 Å². The van der Waals surface area contributed by atoms with Crippen LogP contribution >= 0.6 is 0 Å². The summed E-state index contributed by atoms with van der Waals surface area (Å²) in [6.07, 6.45) is 5.61. The number of hydrogen-bond acceptors (Lipinski definition) is 8. The van der Waals surface area contributed by atoms with Crippen LogP contribution in [0.5, 0.6) is 0 Å². The van der Waals surface area contributed by atoms with Gasteiger partial charge in [0.2, 0.25) is 5.95 Å². The lowest BCUT2D eigenvalue weighted by Crippen LogP contribution is -2.35. The van der Waals surface area contributed by atoms with Gasteiger partial charge in [0.25, 0.3) is 0 Å². The van der Waals surface area contributed by atoms with Crippen LogP contribution in [0.15, 0.2) is 12.4 Å². The van der Waals surface area contributed by atoms with Gasteiger partial charge in [0.05, 0.1) is 30.4 Å². The number of rotatable bonds is 4. The molecule has 4 rings (SSSR count). The highest BCUT2D eigenvalue weighted by atomic mass is 16.5. The zero-order valence-electron chi connectivity index (χ0n) is 13.4. The monoisotopic (exact) mass is 329 g/mol. The van der Waals surface area contributed by atoms with Crippen molar-refractivity contribution in [3.8, 4) is 0 Å². The first-order valence-corrected chi connectivity index (χ1v) is 7.86. The number of aromatic nitrogens is 7. The molecule has 1 fully saturated rings. The molecule has 4 heterocycles. The van der Waals surface area contributed by atoms with Crippen LogP contribution in [0.3, 0.4) is 0 Å². The second-order valence-corrected chi connectivity index (χ2v) is 5.88. The number of nitrogen functional groups attached to an aromatic ring is 1. The fraction of sp³-hybridized carbons (Fsp3) is 0.500. The maximum Gasteiger partial charge on any atom is 0.224 e. The van der Waals surface area contributed by atoms with Crippen molar-refractivity contribution in [3.63, 3.8) is 0 Å². The van der Waals surface area contributed by atoms with E-state index in [2.05, 4.69) is 35.4 Å². The fourth-order valence-electron chi connectivity index (χ4n) is 3.13. The number of methoxy groups -OCH3 is 1. The number of anilines is 2. The molecule has 24 heavy (non-hydrogen) atoms. The minimum absolute atomic E-state index is 0.254. The third-order valence-corrected chi connectivity index (χ3v) is 4.30. The second kappa shape index (κ2) is 6.04. The Bertz CT molecular complexity index is 834. The van der Waals surface area contributed by atoms with Crippen molar-refractivity contribution in [2.24, 2.45) is 0 Å². The number of nitrogens with one attached hydrogen (secondary N) is 1. The number of piperidine rings is 1. The molecule has 0 atom stereocenters. The standard InChI is InChI=1S/C14H19N9O/c1-24-8-9-7-23(21-19-9)10-2-4-22(5-3-10)13-11-6-16-20-12(11)17-14(15)18-13/h6-7,10H,2-5,8H2,1H3,(H3,15,16,17,18,20). The Morgan fingerprint density at radius 3 is 2.96 bits per heavy atom. The van der Waals surface area contributed by atoms with Crippen LogP contribution in [0.4, 0.5) is 11.8 Å². The molecule has 126 valence electrons. The van der Waals surface area contributed by atoms with E-state index in [1.165, 1.54) is 0 Å². The molecule has 0 spiro atoms. The molecule has 0 aliphatic carbocycles. The average Bonchev–Trinajstić information content (AvgIpc) is 3.24. The van der Waals surface area contributed by atoms with Crippen molar-refractivity contribution in [2.75, 3.05) is 30.8 Å². The van der Waals surface area contributed by atoms with E-state index < -0.39 is 0 Å². The minimum atomic E-state index is 0.254. The predicted molar refractivity (Wildman–Crippen MR) is 87.3 cm³/mol. The molecule has 10 nitrogen and oxygen atoms in total. The smallest absolute Gasteiger partial charge is 0.224 e. The van der Waals surface area contributed by atoms with Crippen LogP contribution in [0.2, 0.25) is 0 Å². The summed E-state index contributed by atoms with van der Waals surface area (Å²) in [4.78, 5) is 10.8. The Kier molecular flexibility index (Phi) is 3.73. The van der Waals surface area contributed by atoms with Crippen LogP contribution in [0, 0.1) is 0 Å². The SMILES string of the molecule is COCc1cn(C2CCN(c3nc(N)nc4[nH]ncc34)CC2)nn1. The molecule has 0 bridgehead atoms. The van der Waals surface area contributed by atoms with E-state index in [1.807, 2.05) is 10.9 Å². The van der Waals surface area contributed by atoms with Crippen molar-refractivity contribution in [1.82, 2.24) is 35.2 Å². The van der Waals surface area contributed by atoms with Crippen LogP contribution in [0.1, 0.15) is 24.6 Å². The first kappa shape index (κ1) is 14.8. The zero-order chi connectivity index (χ0) is 16.5. The lowest BCUT2D eigenvalue weighted by Gasteiger charge is -2.32. The molecule has 10 heteroatoms. The zero-order valence-corrected chi connectivity index (χ0v) is 13.4. The lowest BCUT2D eigenvalue weighted by molar-refractivity contribution is 0.181. The average molecular weight is 329 g/mol. The molecule has 3 N–H and O–H groups in total. The van der Waals surface area contributed by atoms with E-state index >= 15 is 0 Å². The van der Waals surface area contributed by atoms with Gasteiger partial charge >= 0.3 is 0 Å². The molecular weight excluding hydrogens is 310 g/mol. The summed E-state index contributed by atoms with van der Waals surface area (Å²) in [6, 6.07) is 0.332. The molecule has 1 aliphatic heterocycles. The third kappa shape index (κ3) is 2.64. The molecule has 1 saturated heterocycles. The topological polar surface area (TPSA) is 124 Å². The first-order valence-electron chi connectivity index (χ1n) is 7.86. The Labute approximate surface area is 138 Å². The van der Waals surface area contributed by atoms with Gasteiger partial charge in [-0.05, 0) is 12.8 Å². The van der Waals surface area contributed by atoms with Crippen LogP contribution < -0.4 is 10.6 Å². The van der Waals surface area contributed by atoms with Gasteiger partial charge in [-0.25, -0.2) is 4.68 Å². The summed E-state index contributed by atoms with van der Waals surface area (Å²) >= 11 is 0. The Hall–Kier alpha value is -2.75. The maximum absolute atomic E-state index is 5.81. The number of ether oxygens (including phenoxy) is 1. The van der Waals surface area contributed by atoms with Crippen molar-refractivity contribution < 1.29 is 4.74 Å². The van der Waals surface area contributed by atoms with E-state index in [0.717, 1.165) is 42.8 Å². The van der Waals surface area contributed by atoms with Gasteiger partial charge in [-0.1, -0.05) is 5.21 Å². The van der Waals surface area contributed by atoms with Gasteiger partial charge in [-0.3, -0.25) is 5.10 Å². The number of H-pyrrole nitrogens is 1. The van der Waals surface area contributed by atoms with E-state index in [1.54, 1.807) is 13.3 Å². The Morgan fingerprint density at radius 2 is 2.17 bits per heavy atom. The van der Waals surface area contributed by atoms with Crippen molar-refractivity contribution >= 4 is 22.8 Å². The summed E-state index contributed by atoms with van der Waals surface area (Å²) in [7, 11) is 1.65. The molecule has 3 aromatic rings. The summed E-state index contributed by atoms with van der Waals surface area (Å²) in [5.41, 5.74) is 7.33. The molecule has 3 aromatic heterocycles.